The van der Waals surface area contributed by atoms with Crippen molar-refractivity contribution in [3.05, 3.63) is 81.2 Å². The van der Waals surface area contributed by atoms with Crippen LogP contribution < -0.4 is 11.1 Å². The average Bonchev–Trinajstić information content (AvgIpc) is 3.03. The lowest BCUT2D eigenvalue weighted by Crippen LogP contribution is -2.38. The molecule has 3 aromatic rings. The highest BCUT2D eigenvalue weighted by Crippen LogP contribution is 2.36. The summed E-state index contributed by atoms with van der Waals surface area (Å²) in [5, 5.41) is 3.97. The van der Waals surface area contributed by atoms with Crippen LogP contribution in [0.1, 0.15) is 26.4 Å². The molecule has 0 radical (unpaired) electrons. The van der Waals surface area contributed by atoms with Crippen LogP contribution in [0.5, 0.6) is 0 Å². The predicted molar refractivity (Wildman–Crippen MR) is 113 cm³/mol. The van der Waals surface area contributed by atoms with E-state index in [1.807, 2.05) is 30.3 Å². The number of anilines is 2. The molecule has 0 saturated carbocycles. The summed E-state index contributed by atoms with van der Waals surface area (Å²) < 4.78 is 0. The summed E-state index contributed by atoms with van der Waals surface area (Å²) in [5.74, 6) is -0.103. The zero-order chi connectivity index (χ0) is 19.7. The van der Waals surface area contributed by atoms with E-state index in [0.29, 0.717) is 40.7 Å². The van der Waals surface area contributed by atoms with E-state index in [1.165, 1.54) is 11.3 Å². The van der Waals surface area contributed by atoms with Gasteiger partial charge in [-0.15, -0.1) is 11.3 Å². The third-order valence-corrected chi connectivity index (χ3v) is 6.03. The first kappa shape index (κ1) is 18.5. The number of urea groups is 1. The second kappa shape index (κ2) is 7.66. The number of nitrogens with zero attached hydrogens (tertiary/aromatic N) is 1. The maximum absolute atomic E-state index is 13.0. The summed E-state index contributed by atoms with van der Waals surface area (Å²) in [6.45, 7) is 0.972. The van der Waals surface area contributed by atoms with Crippen molar-refractivity contribution in [3.63, 3.8) is 0 Å². The van der Waals surface area contributed by atoms with Gasteiger partial charge in [0.1, 0.15) is 0 Å². The minimum Gasteiger partial charge on any atom is -0.390 e. The molecule has 1 aromatic heterocycles. The number of carbonyl (C=O) groups excluding carboxylic acids is 2. The molecule has 0 unspecified atom stereocenters. The number of carbonyl (C=O) groups is 2. The van der Waals surface area contributed by atoms with Crippen molar-refractivity contribution >= 4 is 45.4 Å². The van der Waals surface area contributed by atoms with Gasteiger partial charge in [-0.3, -0.25) is 4.79 Å². The molecule has 2 heterocycles. The van der Waals surface area contributed by atoms with Gasteiger partial charge >= 0.3 is 6.03 Å². The number of para-hydroxylation sites is 1. The van der Waals surface area contributed by atoms with Gasteiger partial charge in [0.2, 0.25) is 0 Å². The van der Waals surface area contributed by atoms with Crippen molar-refractivity contribution in [2.75, 3.05) is 17.6 Å². The van der Waals surface area contributed by atoms with E-state index in [4.69, 9.17) is 17.3 Å². The Balaban J connectivity index is 1.54. The SMILES string of the molecule is Nc1sc2c(c1C(=O)c1ccc(Cl)cc1)CCN(C(=O)Nc1ccccc1)C2. The van der Waals surface area contributed by atoms with Gasteiger partial charge in [-0.1, -0.05) is 29.8 Å². The number of nitrogen functional groups attached to an aromatic ring is 1. The second-order valence-corrected chi connectivity index (χ2v) is 8.12. The van der Waals surface area contributed by atoms with E-state index in [2.05, 4.69) is 5.32 Å². The Labute approximate surface area is 171 Å². The molecule has 1 aliphatic heterocycles. The molecule has 3 N–H and O–H groups in total. The molecule has 2 aromatic carbocycles. The second-order valence-electron chi connectivity index (χ2n) is 6.55. The van der Waals surface area contributed by atoms with Crippen molar-refractivity contribution in [2.45, 2.75) is 13.0 Å². The zero-order valence-electron chi connectivity index (χ0n) is 14.9. The molecule has 0 atom stereocenters. The molecule has 1 aliphatic rings. The van der Waals surface area contributed by atoms with Crippen LogP contribution in [-0.4, -0.2) is 23.3 Å². The first-order valence-electron chi connectivity index (χ1n) is 8.84. The first-order valence-corrected chi connectivity index (χ1v) is 10.0. The molecular formula is C21H18ClN3O2S. The Kier molecular flexibility index (Phi) is 5.07. The molecule has 2 amide bonds. The fraction of sp³-hybridized carbons (Fsp3) is 0.143. The third kappa shape index (κ3) is 3.61. The summed E-state index contributed by atoms with van der Waals surface area (Å²) in [4.78, 5) is 28.2. The Morgan fingerprint density at radius 2 is 1.79 bits per heavy atom. The fourth-order valence-electron chi connectivity index (χ4n) is 3.32. The maximum atomic E-state index is 13.0. The van der Waals surface area contributed by atoms with E-state index in [1.54, 1.807) is 29.2 Å². The number of thiophene rings is 1. The van der Waals surface area contributed by atoms with Gasteiger partial charge in [-0.05, 0) is 48.4 Å². The number of hydrogen-bond acceptors (Lipinski definition) is 4. The Bertz CT molecular complexity index is 1030. The maximum Gasteiger partial charge on any atom is 0.322 e. The largest absolute Gasteiger partial charge is 0.390 e. The fourth-order valence-corrected chi connectivity index (χ4v) is 4.57. The van der Waals surface area contributed by atoms with E-state index < -0.39 is 0 Å². The highest BCUT2D eigenvalue weighted by atomic mass is 35.5. The Hall–Kier alpha value is -2.83. The summed E-state index contributed by atoms with van der Waals surface area (Å²) in [6.07, 6.45) is 0.597. The van der Waals surface area contributed by atoms with E-state index in [0.717, 1.165) is 16.1 Å². The molecule has 4 rings (SSSR count). The van der Waals surface area contributed by atoms with Crippen molar-refractivity contribution in [3.8, 4) is 0 Å². The molecule has 0 aliphatic carbocycles. The van der Waals surface area contributed by atoms with Gasteiger partial charge in [0, 0.05) is 27.7 Å². The van der Waals surface area contributed by atoms with Gasteiger partial charge in [0.15, 0.2) is 5.78 Å². The quantitative estimate of drug-likeness (QED) is 0.607. The van der Waals surface area contributed by atoms with Crippen LogP contribution in [-0.2, 0) is 13.0 Å². The molecule has 7 heteroatoms. The predicted octanol–water partition coefficient (Wildman–Crippen LogP) is 4.80. The number of ketones is 1. The molecule has 0 fully saturated rings. The number of fused-ring (bicyclic) bond motifs is 1. The van der Waals surface area contributed by atoms with Gasteiger partial charge in [-0.2, -0.15) is 0 Å². The normalized spacial score (nSPS) is 13.1. The Morgan fingerprint density at radius 3 is 2.50 bits per heavy atom. The van der Waals surface area contributed by atoms with Gasteiger partial charge < -0.3 is 16.0 Å². The standard InChI is InChI=1S/C21H18ClN3O2S/c22-14-8-6-13(7-9-14)19(26)18-16-10-11-25(12-17(16)28-20(18)23)21(27)24-15-4-2-1-3-5-15/h1-9H,10-12,23H2,(H,24,27). The molecule has 0 spiro atoms. The lowest BCUT2D eigenvalue weighted by molar-refractivity contribution is 0.103. The van der Waals surface area contributed by atoms with Crippen LogP contribution in [0.4, 0.5) is 15.5 Å². The number of nitrogens with one attached hydrogen (secondary N) is 1. The molecular weight excluding hydrogens is 394 g/mol. The van der Waals surface area contributed by atoms with Gasteiger partial charge in [-0.25, -0.2) is 4.79 Å². The van der Waals surface area contributed by atoms with E-state index in [-0.39, 0.29) is 11.8 Å². The molecule has 142 valence electrons. The number of rotatable bonds is 3. The Morgan fingerprint density at radius 1 is 1.07 bits per heavy atom. The number of hydrogen-bond donors (Lipinski definition) is 2. The zero-order valence-corrected chi connectivity index (χ0v) is 16.5. The van der Waals surface area contributed by atoms with Crippen LogP contribution in [0, 0.1) is 0 Å². The number of amides is 2. The van der Waals surface area contributed by atoms with Crippen LogP contribution in [0.2, 0.25) is 5.02 Å². The van der Waals surface area contributed by atoms with Crippen molar-refractivity contribution in [2.24, 2.45) is 0 Å². The lowest BCUT2D eigenvalue weighted by Gasteiger charge is -2.27. The summed E-state index contributed by atoms with van der Waals surface area (Å²) in [5.41, 5.74) is 9.01. The highest BCUT2D eigenvalue weighted by molar-refractivity contribution is 7.16. The van der Waals surface area contributed by atoms with Crippen LogP contribution in [0.15, 0.2) is 54.6 Å². The molecule has 0 saturated heterocycles. The van der Waals surface area contributed by atoms with Gasteiger partial charge in [0.25, 0.3) is 0 Å². The smallest absolute Gasteiger partial charge is 0.322 e. The minimum atomic E-state index is -0.158. The molecule has 28 heavy (non-hydrogen) atoms. The number of halogens is 1. The van der Waals surface area contributed by atoms with Crippen LogP contribution in [0.3, 0.4) is 0 Å². The van der Waals surface area contributed by atoms with Crippen molar-refractivity contribution < 1.29 is 9.59 Å². The topological polar surface area (TPSA) is 75.4 Å². The van der Waals surface area contributed by atoms with Crippen LogP contribution in [0.25, 0.3) is 0 Å². The summed E-state index contributed by atoms with van der Waals surface area (Å²) in [7, 11) is 0. The van der Waals surface area contributed by atoms with Crippen LogP contribution >= 0.6 is 22.9 Å². The summed E-state index contributed by atoms with van der Waals surface area (Å²) in [6, 6.07) is 16.0. The van der Waals surface area contributed by atoms with Gasteiger partial charge in [0.05, 0.1) is 17.1 Å². The first-order chi connectivity index (χ1) is 13.5. The van der Waals surface area contributed by atoms with E-state index in [9.17, 15) is 9.59 Å². The minimum absolute atomic E-state index is 0.103. The van der Waals surface area contributed by atoms with E-state index >= 15 is 0 Å². The van der Waals surface area contributed by atoms with Crippen molar-refractivity contribution in [1.29, 1.82) is 0 Å². The number of benzene rings is 2. The highest BCUT2D eigenvalue weighted by Gasteiger charge is 2.29. The molecule has 0 bridgehead atoms. The summed E-state index contributed by atoms with van der Waals surface area (Å²) >= 11 is 7.29. The molecule has 5 nitrogen and oxygen atoms in total. The van der Waals surface area contributed by atoms with Crippen molar-refractivity contribution in [1.82, 2.24) is 4.90 Å². The number of nitrogens with two attached hydrogens (primary N) is 1. The third-order valence-electron chi connectivity index (χ3n) is 4.73. The monoisotopic (exact) mass is 411 g/mol. The average molecular weight is 412 g/mol. The lowest BCUT2D eigenvalue weighted by atomic mass is 9.96.